The molecule has 0 aliphatic rings. The van der Waals surface area contributed by atoms with Crippen molar-refractivity contribution in [2.24, 2.45) is 0 Å². The molecule has 4 N–H and O–H groups in total. The molecule has 0 aliphatic carbocycles. The second-order valence-electron chi connectivity index (χ2n) is 5.99. The maximum absolute atomic E-state index is 11.9. The predicted molar refractivity (Wildman–Crippen MR) is 89.3 cm³/mol. The predicted octanol–water partition coefficient (Wildman–Crippen LogP) is 0.410. The van der Waals surface area contributed by atoms with Gasteiger partial charge in [-0.2, -0.15) is 0 Å². The minimum atomic E-state index is -2.13. The second kappa shape index (κ2) is 12.0. The molecule has 0 saturated carbocycles. The minimum absolute atomic E-state index is 0.0563. The monoisotopic (exact) mass is 362 g/mol. The summed E-state index contributed by atoms with van der Waals surface area (Å²) in [5.41, 5.74) is 0.733. The van der Waals surface area contributed by atoms with Gasteiger partial charge in [0.25, 0.3) is 0 Å². The lowest BCUT2D eigenvalue weighted by molar-refractivity contribution is -0.177. The number of hydrogen-bond donors (Lipinski definition) is 4. The molecule has 146 valence electrons. The zero-order chi connectivity index (χ0) is 19.6. The van der Waals surface area contributed by atoms with E-state index in [0.717, 1.165) is 12.0 Å². The van der Waals surface area contributed by atoms with Gasteiger partial charge in [0, 0.05) is 6.42 Å². The minimum Gasteiger partial charge on any atom is -0.464 e. The smallest absolute Gasteiger partial charge is 0.342 e. The quantitative estimate of drug-likeness (QED) is 0.236. The van der Waals surface area contributed by atoms with Crippen molar-refractivity contribution in [2.75, 3.05) is 6.61 Å². The third-order valence-corrected chi connectivity index (χ3v) is 3.48. The molecule has 8 heteroatoms. The summed E-state index contributed by atoms with van der Waals surface area (Å²) in [5.74, 6) is -1.97. The molecule has 0 saturated heterocycles. The number of carbonyl (C=O) groups excluding carboxylic acids is 2. The van der Waals surface area contributed by atoms with Crippen LogP contribution in [0.5, 0.6) is 0 Å². The number of carbonyl (C=O) groups is 2. The Kier molecular flexibility index (Phi) is 11.3. The summed E-state index contributed by atoms with van der Waals surface area (Å²) in [6.45, 7) is 7.27. The second-order valence-corrected chi connectivity index (χ2v) is 5.99. The maximum atomic E-state index is 11.9. The van der Waals surface area contributed by atoms with Crippen LogP contribution in [0.25, 0.3) is 0 Å². The van der Waals surface area contributed by atoms with Crippen molar-refractivity contribution in [3.05, 3.63) is 11.3 Å². The summed E-state index contributed by atoms with van der Waals surface area (Å²) < 4.78 is 9.75. The van der Waals surface area contributed by atoms with Gasteiger partial charge in [0.15, 0.2) is 12.2 Å². The molecule has 0 bridgehead atoms. The Morgan fingerprint density at radius 3 is 1.84 bits per heavy atom. The number of ether oxygens (including phenoxy) is 2. The van der Waals surface area contributed by atoms with Gasteiger partial charge < -0.3 is 29.9 Å². The van der Waals surface area contributed by atoms with Gasteiger partial charge in [0.2, 0.25) is 0 Å². The van der Waals surface area contributed by atoms with Gasteiger partial charge in [0.05, 0.1) is 6.61 Å². The summed E-state index contributed by atoms with van der Waals surface area (Å²) >= 11 is 0. The highest BCUT2D eigenvalue weighted by atomic mass is 16.6. The Labute approximate surface area is 148 Å². The van der Waals surface area contributed by atoms with Crippen molar-refractivity contribution in [1.29, 1.82) is 0 Å². The molecule has 0 aromatic heterocycles. The molecule has 4 unspecified atom stereocenters. The van der Waals surface area contributed by atoms with Gasteiger partial charge in [-0.3, -0.25) is 0 Å². The molecule has 0 aliphatic heterocycles. The summed E-state index contributed by atoms with van der Waals surface area (Å²) in [4.78, 5) is 23.5. The first-order chi connectivity index (χ1) is 11.7. The molecule has 0 amide bonds. The molecule has 0 aromatic carbocycles. The molecule has 0 spiro atoms. The van der Waals surface area contributed by atoms with Crippen molar-refractivity contribution in [1.82, 2.24) is 0 Å². The number of aliphatic hydroxyl groups is 4. The standard InChI is InChI=1S/C17H30O8/c1-5-7-9-24-16(22)14(20)12(18)13(19)15(21)17(23)25-11(8-6-2)10(3)4/h12-15,18-21H,5-9H2,1-4H3. The SMILES string of the molecule is CCCCOC(=O)C(O)C(O)C(O)C(O)C(=O)OC(CCC)=C(C)C. The van der Waals surface area contributed by atoms with E-state index >= 15 is 0 Å². The lowest BCUT2D eigenvalue weighted by atomic mass is 10.0. The van der Waals surface area contributed by atoms with E-state index in [1.807, 2.05) is 13.8 Å². The van der Waals surface area contributed by atoms with Crippen molar-refractivity contribution in [3.63, 3.8) is 0 Å². The highest BCUT2D eigenvalue weighted by molar-refractivity contribution is 5.78. The summed E-state index contributed by atoms with van der Waals surface area (Å²) in [7, 11) is 0. The van der Waals surface area contributed by atoms with E-state index in [2.05, 4.69) is 0 Å². The summed E-state index contributed by atoms with van der Waals surface area (Å²) in [6, 6.07) is 0. The maximum Gasteiger partial charge on any atom is 0.342 e. The van der Waals surface area contributed by atoms with E-state index in [-0.39, 0.29) is 6.61 Å². The van der Waals surface area contributed by atoms with E-state index in [1.54, 1.807) is 13.8 Å². The fourth-order valence-electron chi connectivity index (χ4n) is 1.87. The first-order valence-corrected chi connectivity index (χ1v) is 8.44. The molecular formula is C17H30O8. The van der Waals surface area contributed by atoms with Crippen LogP contribution in [0.3, 0.4) is 0 Å². The van der Waals surface area contributed by atoms with Crippen LogP contribution in [0, 0.1) is 0 Å². The Hall–Kier alpha value is -1.48. The van der Waals surface area contributed by atoms with Crippen molar-refractivity contribution in [3.8, 4) is 0 Å². The molecule has 0 rings (SSSR count). The van der Waals surface area contributed by atoms with Crippen LogP contribution in [0.1, 0.15) is 53.4 Å². The first kappa shape index (κ1) is 23.5. The van der Waals surface area contributed by atoms with Crippen LogP contribution < -0.4 is 0 Å². The average Bonchev–Trinajstić information content (AvgIpc) is 2.58. The number of esters is 2. The zero-order valence-corrected chi connectivity index (χ0v) is 15.3. The molecule has 25 heavy (non-hydrogen) atoms. The van der Waals surface area contributed by atoms with Crippen LogP contribution >= 0.6 is 0 Å². The van der Waals surface area contributed by atoms with E-state index in [1.165, 1.54) is 0 Å². The largest absolute Gasteiger partial charge is 0.464 e. The summed E-state index contributed by atoms with van der Waals surface area (Å²) in [5, 5.41) is 39.2. The van der Waals surface area contributed by atoms with Crippen molar-refractivity contribution < 1.29 is 39.5 Å². The molecule has 4 atom stereocenters. The Balaban J connectivity index is 4.79. The van der Waals surface area contributed by atoms with Crippen LogP contribution in [0.2, 0.25) is 0 Å². The lowest BCUT2D eigenvalue weighted by Crippen LogP contribution is -2.50. The van der Waals surface area contributed by atoms with Crippen molar-refractivity contribution >= 4 is 11.9 Å². The third kappa shape index (κ3) is 7.96. The lowest BCUT2D eigenvalue weighted by Gasteiger charge is -2.25. The Bertz CT molecular complexity index is 456. The highest BCUT2D eigenvalue weighted by Crippen LogP contribution is 2.15. The van der Waals surface area contributed by atoms with Crippen LogP contribution in [0.4, 0.5) is 0 Å². The molecule has 0 fully saturated rings. The van der Waals surface area contributed by atoms with Gasteiger partial charge in [0.1, 0.15) is 18.0 Å². The highest BCUT2D eigenvalue weighted by Gasteiger charge is 2.39. The topological polar surface area (TPSA) is 134 Å². The van der Waals surface area contributed by atoms with E-state index in [9.17, 15) is 30.0 Å². The van der Waals surface area contributed by atoms with Crippen LogP contribution in [-0.4, -0.2) is 63.4 Å². The molecule has 0 heterocycles. The molecule has 0 radical (unpaired) electrons. The number of hydrogen-bond acceptors (Lipinski definition) is 8. The fourth-order valence-corrected chi connectivity index (χ4v) is 1.87. The van der Waals surface area contributed by atoms with Crippen LogP contribution in [-0.2, 0) is 19.1 Å². The Morgan fingerprint density at radius 1 is 0.880 bits per heavy atom. The number of unbranched alkanes of at least 4 members (excludes halogenated alkanes) is 1. The van der Waals surface area contributed by atoms with Crippen LogP contribution in [0.15, 0.2) is 11.3 Å². The first-order valence-electron chi connectivity index (χ1n) is 8.44. The third-order valence-electron chi connectivity index (χ3n) is 3.48. The van der Waals surface area contributed by atoms with E-state index < -0.39 is 36.4 Å². The number of rotatable bonds is 11. The average molecular weight is 362 g/mol. The fraction of sp³-hybridized carbons (Fsp3) is 0.765. The Morgan fingerprint density at radius 2 is 1.40 bits per heavy atom. The van der Waals surface area contributed by atoms with Gasteiger partial charge >= 0.3 is 11.9 Å². The van der Waals surface area contributed by atoms with Gasteiger partial charge in [-0.1, -0.05) is 20.3 Å². The normalized spacial score (nSPS) is 15.7. The van der Waals surface area contributed by atoms with Gasteiger partial charge in [-0.25, -0.2) is 9.59 Å². The van der Waals surface area contributed by atoms with Crippen molar-refractivity contribution in [2.45, 2.75) is 77.8 Å². The zero-order valence-electron chi connectivity index (χ0n) is 15.3. The van der Waals surface area contributed by atoms with E-state index in [4.69, 9.17) is 9.47 Å². The number of aliphatic hydroxyl groups excluding tert-OH is 4. The summed E-state index contributed by atoms with van der Waals surface area (Å²) in [6.07, 6.45) is -5.91. The molecular weight excluding hydrogens is 332 g/mol. The number of allylic oxidation sites excluding steroid dienone is 2. The van der Waals surface area contributed by atoms with Gasteiger partial charge in [-0.15, -0.1) is 0 Å². The van der Waals surface area contributed by atoms with Gasteiger partial charge in [-0.05, 0) is 32.3 Å². The molecule has 8 nitrogen and oxygen atoms in total. The van der Waals surface area contributed by atoms with E-state index in [0.29, 0.717) is 25.0 Å². The molecule has 0 aromatic rings.